The number of likely N-dealkylation sites (N-methyl/N-ethyl adjacent to an activating group) is 1. The number of fused-ring (bicyclic) bond motifs is 2. The monoisotopic (exact) mass is 697 g/mol. The molecule has 0 aliphatic carbocycles. The fourth-order valence-electron chi connectivity index (χ4n) is 9.77. The highest BCUT2D eigenvalue weighted by Gasteiger charge is 2.64. The van der Waals surface area contributed by atoms with Crippen LogP contribution >= 0.6 is 0 Å². The van der Waals surface area contributed by atoms with Gasteiger partial charge < -0.3 is 47.9 Å². The molecule has 5 saturated heterocycles. The van der Waals surface area contributed by atoms with Crippen molar-refractivity contribution in [1.29, 1.82) is 0 Å². The number of aliphatic hydroxyl groups is 1. The van der Waals surface area contributed by atoms with Crippen molar-refractivity contribution >= 4 is 5.97 Å². The van der Waals surface area contributed by atoms with Gasteiger partial charge in [-0.15, -0.1) is 0 Å². The zero-order valence-corrected chi connectivity index (χ0v) is 32.5. The lowest BCUT2D eigenvalue weighted by molar-refractivity contribution is -0.310. The molecule has 5 fully saturated rings. The Kier molecular flexibility index (Phi) is 11.9. The topological polar surface area (TPSA) is 118 Å². The van der Waals surface area contributed by atoms with Crippen molar-refractivity contribution in [3.63, 3.8) is 0 Å². The molecule has 0 saturated carbocycles. The smallest absolute Gasteiger partial charge is 0.311 e. The number of epoxide rings is 1. The number of ether oxygens (including phenoxy) is 8. The molecule has 0 aromatic carbocycles. The Morgan fingerprint density at radius 2 is 1.61 bits per heavy atom. The average molecular weight is 698 g/mol. The van der Waals surface area contributed by atoms with Crippen molar-refractivity contribution in [2.75, 3.05) is 21.2 Å². The maximum absolute atomic E-state index is 14.4. The lowest BCUT2D eigenvalue weighted by Crippen LogP contribution is -2.59. The highest BCUT2D eigenvalue weighted by molar-refractivity contribution is 5.73. The number of nitrogens with zero attached hydrogens (tertiary/aromatic N) is 1. The van der Waals surface area contributed by atoms with Gasteiger partial charge in [-0.3, -0.25) is 4.79 Å². The van der Waals surface area contributed by atoms with Gasteiger partial charge in [0, 0.05) is 37.8 Å². The molecular weight excluding hydrogens is 630 g/mol. The minimum Gasteiger partial charge on any atom is -0.459 e. The first kappa shape index (κ1) is 39.3. The van der Waals surface area contributed by atoms with Crippen LogP contribution in [0.15, 0.2) is 0 Å². The first-order valence-corrected chi connectivity index (χ1v) is 18.9. The molecule has 5 aliphatic heterocycles. The molecule has 284 valence electrons. The van der Waals surface area contributed by atoms with Gasteiger partial charge in [0.25, 0.3) is 0 Å². The van der Waals surface area contributed by atoms with Crippen LogP contribution in [0.4, 0.5) is 0 Å². The van der Waals surface area contributed by atoms with Crippen molar-refractivity contribution < 1.29 is 47.8 Å². The second kappa shape index (κ2) is 14.9. The molecule has 5 rings (SSSR count). The van der Waals surface area contributed by atoms with E-state index >= 15 is 0 Å². The second-order valence-electron chi connectivity index (χ2n) is 17.2. The Labute approximate surface area is 295 Å². The number of carbonyl (C=O) groups excluding carboxylic acids is 1. The summed E-state index contributed by atoms with van der Waals surface area (Å²) in [7, 11) is 5.65. The van der Waals surface area contributed by atoms with E-state index in [1.54, 1.807) is 7.11 Å². The van der Waals surface area contributed by atoms with Crippen molar-refractivity contribution in [1.82, 2.24) is 4.90 Å². The van der Waals surface area contributed by atoms with E-state index in [1.165, 1.54) is 0 Å². The molecular formula is C38H67NO10. The minimum absolute atomic E-state index is 0.0174. The molecule has 11 nitrogen and oxygen atoms in total. The number of methoxy groups -OCH3 is 1. The van der Waals surface area contributed by atoms with Crippen LogP contribution in [0.1, 0.15) is 108 Å². The number of carbonyl (C=O) groups is 1. The minimum atomic E-state index is -0.895. The van der Waals surface area contributed by atoms with E-state index in [1.807, 2.05) is 39.8 Å². The zero-order valence-electron chi connectivity index (χ0n) is 32.5. The summed E-state index contributed by atoms with van der Waals surface area (Å²) in [5.41, 5.74) is -1.82. The highest BCUT2D eigenvalue weighted by atomic mass is 16.7. The van der Waals surface area contributed by atoms with Gasteiger partial charge in [-0.1, -0.05) is 34.1 Å². The zero-order chi connectivity index (χ0) is 36.2. The summed E-state index contributed by atoms with van der Waals surface area (Å²) in [6, 6.07) is -0.142. The van der Waals surface area contributed by atoms with Gasteiger partial charge in [0.2, 0.25) is 0 Å². The predicted octanol–water partition coefficient (Wildman–Crippen LogP) is 5.09. The lowest BCUT2D eigenvalue weighted by atomic mass is 9.77. The number of cyclic esters (lactones) is 1. The Hall–Kier alpha value is -0.890. The summed E-state index contributed by atoms with van der Waals surface area (Å²) in [5, 5.41) is 11.6. The van der Waals surface area contributed by atoms with Crippen LogP contribution in [0, 0.1) is 23.7 Å². The lowest BCUT2D eigenvalue weighted by Gasteiger charge is -2.48. The van der Waals surface area contributed by atoms with Crippen LogP contribution in [-0.4, -0.2) is 121 Å². The Morgan fingerprint density at radius 1 is 0.918 bits per heavy atom. The quantitative estimate of drug-likeness (QED) is 0.257. The molecule has 2 bridgehead atoms. The number of rotatable bonds is 9. The third kappa shape index (κ3) is 7.91. The van der Waals surface area contributed by atoms with Crippen molar-refractivity contribution in [2.45, 2.75) is 192 Å². The van der Waals surface area contributed by atoms with Gasteiger partial charge >= 0.3 is 5.97 Å². The number of esters is 1. The van der Waals surface area contributed by atoms with E-state index < -0.39 is 65.6 Å². The third-order valence-corrected chi connectivity index (χ3v) is 12.5. The van der Waals surface area contributed by atoms with E-state index in [0.717, 1.165) is 19.3 Å². The molecule has 0 spiro atoms. The molecule has 5 aliphatic rings. The molecule has 49 heavy (non-hydrogen) atoms. The first-order valence-electron chi connectivity index (χ1n) is 18.9. The molecule has 1 N–H and O–H groups in total. The summed E-state index contributed by atoms with van der Waals surface area (Å²) in [6.07, 6.45) is -0.0870. The summed E-state index contributed by atoms with van der Waals surface area (Å²) in [5.74, 6) is -1.43. The van der Waals surface area contributed by atoms with Crippen LogP contribution in [-0.2, 0) is 42.7 Å². The first-order chi connectivity index (χ1) is 22.9. The molecule has 0 aromatic rings. The fraction of sp³-hybridized carbons (Fsp3) is 0.974. The maximum atomic E-state index is 14.4. The van der Waals surface area contributed by atoms with Crippen LogP contribution in [0.2, 0.25) is 0 Å². The molecule has 0 aromatic heterocycles. The van der Waals surface area contributed by atoms with Crippen LogP contribution in [0.25, 0.3) is 0 Å². The third-order valence-electron chi connectivity index (χ3n) is 12.5. The standard InChI is InChI=1S/C38H67NO10/c1-14-15-27-38(10,48-27)33-23(5)30-20(2)17-37(9,49-30)32(47-35-29(40)26(39(11)12)16-21(3)44-35)24(6)31(25(7)34(41)46-33)45-28-19-36(8,42-13)18-22(4)43-28/h20-33,35,40H,14-19H2,1-13H3/t20-,21?,22?,23+,24+,25-,26?,27+,28?,29?,30-,31+,32-,33-,35?,36?,37+,38-/m1/s1. The number of hydrogen-bond acceptors (Lipinski definition) is 11. The van der Waals surface area contributed by atoms with Crippen LogP contribution < -0.4 is 0 Å². The largest absolute Gasteiger partial charge is 0.459 e. The fourth-order valence-corrected chi connectivity index (χ4v) is 9.77. The Bertz CT molecular complexity index is 1140. The van der Waals surface area contributed by atoms with E-state index in [2.05, 4.69) is 48.5 Å². The van der Waals surface area contributed by atoms with Crippen LogP contribution in [0.3, 0.4) is 0 Å². The van der Waals surface area contributed by atoms with Gasteiger partial charge in [0.05, 0.1) is 53.7 Å². The SMILES string of the molecule is CCC[C@@H]1O[C@@]1(C)[C@@H]1OC(=O)[C@H](C)[C@@H](OC2CC(C)(OC)CC(C)O2)[C@H](C)[C@@H](OC2OC(C)CC(N(C)C)C2O)[C@]2(C)C[C@@H](C)[C@@H](O2)[C@@H]1C. The molecule has 0 radical (unpaired) electrons. The number of aliphatic hydroxyl groups excluding tert-OH is 1. The van der Waals surface area contributed by atoms with Crippen molar-refractivity contribution in [3.8, 4) is 0 Å². The maximum Gasteiger partial charge on any atom is 0.311 e. The van der Waals surface area contributed by atoms with Crippen molar-refractivity contribution in [2.24, 2.45) is 23.7 Å². The van der Waals surface area contributed by atoms with Gasteiger partial charge in [-0.05, 0) is 80.8 Å². The van der Waals surface area contributed by atoms with Gasteiger partial charge in [-0.25, -0.2) is 0 Å². The number of hydrogen-bond donors (Lipinski definition) is 1. The summed E-state index contributed by atoms with van der Waals surface area (Å²) in [6.45, 7) is 20.7. The summed E-state index contributed by atoms with van der Waals surface area (Å²) >= 11 is 0. The molecule has 18 atom stereocenters. The molecule has 0 amide bonds. The molecule has 5 heterocycles. The van der Waals surface area contributed by atoms with E-state index in [-0.39, 0.29) is 48.3 Å². The second-order valence-corrected chi connectivity index (χ2v) is 17.2. The van der Waals surface area contributed by atoms with E-state index in [4.69, 9.17) is 37.9 Å². The normalized spacial score (nSPS) is 52.5. The summed E-state index contributed by atoms with van der Waals surface area (Å²) < 4.78 is 52.6. The average Bonchev–Trinajstić information content (AvgIpc) is 3.57. The van der Waals surface area contributed by atoms with Gasteiger partial charge in [-0.2, -0.15) is 0 Å². The molecule has 7 unspecified atom stereocenters. The van der Waals surface area contributed by atoms with E-state index in [9.17, 15) is 9.90 Å². The van der Waals surface area contributed by atoms with E-state index in [0.29, 0.717) is 19.3 Å². The highest BCUT2D eigenvalue weighted by Crippen LogP contribution is 2.52. The van der Waals surface area contributed by atoms with Gasteiger partial charge in [0.1, 0.15) is 17.8 Å². The molecule has 11 heteroatoms. The summed E-state index contributed by atoms with van der Waals surface area (Å²) in [4.78, 5) is 16.4. The Balaban J connectivity index is 1.55. The van der Waals surface area contributed by atoms with Gasteiger partial charge in [0.15, 0.2) is 12.6 Å². The Morgan fingerprint density at radius 3 is 2.24 bits per heavy atom. The van der Waals surface area contributed by atoms with Crippen molar-refractivity contribution in [3.05, 3.63) is 0 Å². The predicted molar refractivity (Wildman–Crippen MR) is 184 cm³/mol. The van der Waals surface area contributed by atoms with Crippen LogP contribution in [0.5, 0.6) is 0 Å².